The molecule has 1 aromatic heterocycles. The minimum Gasteiger partial charge on any atom is -0.544 e. The maximum Gasteiger partial charge on any atom is 0.281 e. The molecule has 0 aliphatic heterocycles. The molecule has 0 saturated carbocycles. The van der Waals surface area contributed by atoms with Gasteiger partial charge in [0.05, 0.1) is 27.3 Å². The first-order valence-electron chi connectivity index (χ1n) is 8.34. The lowest BCUT2D eigenvalue weighted by Gasteiger charge is -2.06. The van der Waals surface area contributed by atoms with E-state index in [4.69, 9.17) is 18.6 Å². The molecule has 3 rings (SSSR count). The van der Waals surface area contributed by atoms with Gasteiger partial charge in [-0.1, -0.05) is 12.1 Å². The van der Waals surface area contributed by atoms with Crippen molar-refractivity contribution in [1.82, 2.24) is 10.2 Å². The zero-order valence-corrected chi connectivity index (χ0v) is 16.7. The molecule has 8 nitrogen and oxygen atoms in total. The molecule has 3 aromatic rings. The number of hydrogen-bond donors (Lipinski definition) is 0. The molecule has 9 heteroatoms. The van der Waals surface area contributed by atoms with Gasteiger partial charge in [0, 0.05) is 16.5 Å². The van der Waals surface area contributed by atoms with E-state index in [1.54, 1.807) is 49.6 Å². The van der Waals surface area contributed by atoms with Crippen LogP contribution in [0.25, 0.3) is 17.5 Å². The van der Waals surface area contributed by atoms with Crippen LogP contribution in [0.3, 0.4) is 0 Å². The van der Waals surface area contributed by atoms with Gasteiger partial charge < -0.3 is 28.5 Å². The Labute approximate surface area is 171 Å². The van der Waals surface area contributed by atoms with E-state index < -0.39 is 5.97 Å². The minimum atomic E-state index is -1.35. The van der Waals surface area contributed by atoms with Gasteiger partial charge in [0.2, 0.25) is 5.89 Å². The van der Waals surface area contributed by atoms with Crippen molar-refractivity contribution < 1.29 is 28.5 Å². The first-order chi connectivity index (χ1) is 14.0. The topological polar surface area (TPSA) is 107 Å². The molecule has 2 aromatic carbocycles. The molecule has 0 atom stereocenters. The van der Waals surface area contributed by atoms with Crippen LogP contribution in [-0.2, 0) is 4.79 Å². The van der Waals surface area contributed by atoms with E-state index in [2.05, 4.69) is 10.2 Å². The summed E-state index contributed by atoms with van der Waals surface area (Å²) >= 11 is 0.802. The first-order valence-corrected chi connectivity index (χ1v) is 9.16. The lowest BCUT2D eigenvalue weighted by molar-refractivity contribution is -0.298. The Bertz CT molecular complexity index is 1010. The van der Waals surface area contributed by atoms with Crippen molar-refractivity contribution in [2.45, 2.75) is 5.22 Å². The number of nitrogens with zero attached hydrogens (tertiary/aromatic N) is 2. The summed E-state index contributed by atoms with van der Waals surface area (Å²) in [6.07, 6.45) is 1.46. The van der Waals surface area contributed by atoms with Crippen LogP contribution >= 0.6 is 11.8 Å². The predicted octanol–water partition coefficient (Wildman–Crippen LogP) is 2.65. The van der Waals surface area contributed by atoms with Crippen molar-refractivity contribution >= 4 is 23.8 Å². The van der Waals surface area contributed by atoms with Gasteiger partial charge in [0.15, 0.2) is 0 Å². The number of ether oxygens (including phenoxy) is 3. The molecule has 0 N–H and O–H groups in total. The molecular formula is C20H17N2O6S-. The first kappa shape index (κ1) is 20.3. The van der Waals surface area contributed by atoms with Crippen molar-refractivity contribution in [2.24, 2.45) is 0 Å². The Kier molecular flexibility index (Phi) is 6.40. The summed E-state index contributed by atoms with van der Waals surface area (Å²) in [5.74, 6) is 0.628. The summed E-state index contributed by atoms with van der Waals surface area (Å²) in [5.41, 5.74) is 1.24. The number of carbonyl (C=O) groups is 1. The zero-order chi connectivity index (χ0) is 20.8. The van der Waals surface area contributed by atoms with E-state index in [1.807, 2.05) is 0 Å². The summed E-state index contributed by atoms with van der Waals surface area (Å²) in [5, 5.41) is 19.5. The van der Waals surface area contributed by atoms with Crippen molar-refractivity contribution in [3.05, 3.63) is 52.9 Å². The molecule has 0 bridgehead atoms. The Morgan fingerprint density at radius 1 is 0.966 bits per heavy atom. The van der Waals surface area contributed by atoms with Crippen LogP contribution in [0.5, 0.6) is 17.2 Å². The van der Waals surface area contributed by atoms with E-state index >= 15 is 0 Å². The average Bonchev–Trinajstić information content (AvgIpc) is 3.22. The smallest absolute Gasteiger partial charge is 0.281 e. The predicted molar refractivity (Wildman–Crippen MR) is 105 cm³/mol. The van der Waals surface area contributed by atoms with E-state index in [1.165, 1.54) is 20.3 Å². The second-order valence-electron chi connectivity index (χ2n) is 5.65. The standard InChI is InChI=1S/C20H18N2O6S/c1-25-14-6-4-12(5-7-14)8-17(19(23)24)29-20-22-21-18(28-20)13-9-15(26-2)11-16(10-13)27-3/h4-11H,1-3H3,(H,23,24)/p-1/b17-8+. The maximum atomic E-state index is 11.5. The van der Waals surface area contributed by atoms with Crippen LogP contribution < -0.4 is 19.3 Å². The molecule has 29 heavy (non-hydrogen) atoms. The summed E-state index contributed by atoms with van der Waals surface area (Å²) in [6, 6.07) is 12.0. The molecule has 1 heterocycles. The fraction of sp³-hybridized carbons (Fsp3) is 0.150. The number of carboxylic acid groups (broad SMARTS) is 1. The van der Waals surface area contributed by atoms with Gasteiger partial charge in [0.25, 0.3) is 5.22 Å². The lowest BCUT2D eigenvalue weighted by atomic mass is 10.2. The molecule has 0 fully saturated rings. The highest BCUT2D eigenvalue weighted by molar-refractivity contribution is 8.03. The van der Waals surface area contributed by atoms with Gasteiger partial charge >= 0.3 is 0 Å². The summed E-state index contributed by atoms with van der Waals surface area (Å²) in [4.78, 5) is 11.5. The third-order valence-electron chi connectivity index (χ3n) is 3.82. The normalized spacial score (nSPS) is 11.2. The van der Waals surface area contributed by atoms with Crippen LogP contribution in [0.4, 0.5) is 0 Å². The minimum absolute atomic E-state index is 0.0609. The highest BCUT2D eigenvalue weighted by atomic mass is 32.2. The quantitative estimate of drug-likeness (QED) is 0.407. The van der Waals surface area contributed by atoms with Crippen molar-refractivity contribution in [3.8, 4) is 28.7 Å². The fourth-order valence-electron chi connectivity index (χ4n) is 2.37. The zero-order valence-electron chi connectivity index (χ0n) is 15.9. The number of rotatable bonds is 8. The van der Waals surface area contributed by atoms with Crippen molar-refractivity contribution in [1.29, 1.82) is 0 Å². The van der Waals surface area contributed by atoms with Crippen LogP contribution in [0, 0.1) is 0 Å². The van der Waals surface area contributed by atoms with Gasteiger partial charge in [-0.2, -0.15) is 0 Å². The third kappa shape index (κ3) is 5.08. The summed E-state index contributed by atoms with van der Waals surface area (Å²) in [6.45, 7) is 0. The Morgan fingerprint density at radius 2 is 1.59 bits per heavy atom. The Morgan fingerprint density at radius 3 is 2.14 bits per heavy atom. The molecule has 0 radical (unpaired) electrons. The number of aliphatic carboxylic acids is 1. The van der Waals surface area contributed by atoms with Crippen LogP contribution in [-0.4, -0.2) is 37.5 Å². The molecule has 0 amide bonds. The van der Waals surface area contributed by atoms with Gasteiger partial charge in [-0.3, -0.25) is 0 Å². The van der Waals surface area contributed by atoms with Gasteiger partial charge in [-0.05, 0) is 47.7 Å². The number of methoxy groups -OCH3 is 3. The van der Waals surface area contributed by atoms with Gasteiger partial charge in [-0.25, -0.2) is 0 Å². The molecule has 0 spiro atoms. The number of carboxylic acids is 1. The Balaban J connectivity index is 1.85. The highest BCUT2D eigenvalue weighted by Crippen LogP contribution is 2.33. The second kappa shape index (κ2) is 9.16. The number of aromatic nitrogens is 2. The largest absolute Gasteiger partial charge is 0.544 e. The van der Waals surface area contributed by atoms with Crippen molar-refractivity contribution in [3.63, 3.8) is 0 Å². The monoisotopic (exact) mass is 413 g/mol. The SMILES string of the molecule is COc1ccc(/C=C(/Sc2nnc(-c3cc(OC)cc(OC)c3)o2)C(=O)[O-])cc1. The number of thioether (sulfide) groups is 1. The summed E-state index contributed by atoms with van der Waals surface area (Å²) in [7, 11) is 4.62. The number of benzene rings is 2. The average molecular weight is 413 g/mol. The second-order valence-corrected chi connectivity index (χ2v) is 6.64. The van der Waals surface area contributed by atoms with Crippen molar-refractivity contribution in [2.75, 3.05) is 21.3 Å². The van der Waals surface area contributed by atoms with E-state index in [9.17, 15) is 9.90 Å². The molecule has 0 saturated heterocycles. The number of carbonyl (C=O) groups excluding carboxylic acids is 1. The molecule has 0 aliphatic rings. The molecule has 150 valence electrons. The van der Waals surface area contributed by atoms with Crippen LogP contribution in [0.15, 0.2) is 57.0 Å². The van der Waals surface area contributed by atoms with E-state index in [0.717, 1.165) is 11.8 Å². The van der Waals surface area contributed by atoms with E-state index in [0.29, 0.717) is 28.4 Å². The third-order valence-corrected chi connectivity index (χ3v) is 4.66. The fourth-order valence-corrected chi connectivity index (χ4v) is 3.04. The highest BCUT2D eigenvalue weighted by Gasteiger charge is 2.14. The molecule has 0 aliphatic carbocycles. The van der Waals surface area contributed by atoms with Gasteiger partial charge in [0.1, 0.15) is 17.2 Å². The number of hydrogen-bond acceptors (Lipinski definition) is 9. The van der Waals surface area contributed by atoms with Crippen LogP contribution in [0.2, 0.25) is 0 Å². The Hall–Kier alpha value is -3.46. The van der Waals surface area contributed by atoms with Crippen LogP contribution in [0.1, 0.15) is 5.56 Å². The maximum absolute atomic E-state index is 11.5. The summed E-state index contributed by atoms with van der Waals surface area (Å²) < 4.78 is 21.1. The molecule has 0 unspecified atom stereocenters. The lowest BCUT2D eigenvalue weighted by Crippen LogP contribution is -2.23. The van der Waals surface area contributed by atoms with Gasteiger partial charge in [-0.15, -0.1) is 10.2 Å². The van der Waals surface area contributed by atoms with E-state index in [-0.39, 0.29) is 16.0 Å². The molecular weight excluding hydrogens is 396 g/mol.